The van der Waals surface area contributed by atoms with E-state index in [9.17, 15) is 13.2 Å². The van der Waals surface area contributed by atoms with Crippen molar-refractivity contribution in [3.63, 3.8) is 0 Å². The lowest BCUT2D eigenvalue weighted by molar-refractivity contribution is -0.114. The molecule has 0 atom stereocenters. The first-order valence-electron chi connectivity index (χ1n) is 10.8. The minimum Gasteiger partial charge on any atom is -0.455 e. The number of rotatable bonds is 8. The molecule has 0 saturated carbocycles. The van der Waals surface area contributed by atoms with Crippen molar-refractivity contribution in [1.29, 1.82) is 0 Å². The summed E-state index contributed by atoms with van der Waals surface area (Å²) in [5, 5.41) is 3.15. The molecule has 0 bridgehead atoms. The van der Waals surface area contributed by atoms with Crippen LogP contribution in [0.3, 0.4) is 0 Å². The average Bonchev–Trinajstić information content (AvgIpc) is 2.85. The second-order valence-electron chi connectivity index (χ2n) is 7.76. The Balaban J connectivity index is 1.62. The molecule has 0 aliphatic rings. The summed E-state index contributed by atoms with van der Waals surface area (Å²) in [5.74, 6) is 0.407. The molecule has 35 heavy (non-hydrogen) atoms. The van der Waals surface area contributed by atoms with E-state index >= 15 is 0 Å². The van der Waals surface area contributed by atoms with Crippen molar-refractivity contribution in [2.24, 2.45) is 0 Å². The van der Waals surface area contributed by atoms with E-state index in [0.717, 1.165) is 9.87 Å². The Morgan fingerprint density at radius 2 is 1.51 bits per heavy atom. The van der Waals surface area contributed by atoms with Gasteiger partial charge >= 0.3 is 0 Å². The van der Waals surface area contributed by atoms with Gasteiger partial charge in [-0.2, -0.15) is 0 Å². The highest BCUT2D eigenvalue weighted by Gasteiger charge is 2.27. The third-order valence-electron chi connectivity index (χ3n) is 5.13. The monoisotopic (exact) mass is 506 g/mol. The van der Waals surface area contributed by atoms with Gasteiger partial charge in [-0.1, -0.05) is 65.7 Å². The van der Waals surface area contributed by atoms with Crippen LogP contribution < -0.4 is 14.4 Å². The zero-order valence-electron chi connectivity index (χ0n) is 18.9. The number of hydrogen-bond acceptors (Lipinski definition) is 4. The molecule has 178 valence electrons. The Kier molecular flexibility index (Phi) is 7.39. The van der Waals surface area contributed by atoms with E-state index in [1.807, 2.05) is 25.1 Å². The fourth-order valence-electron chi connectivity index (χ4n) is 3.37. The number of para-hydroxylation sites is 2. The Hall–Kier alpha value is -3.81. The fourth-order valence-corrected chi connectivity index (χ4v) is 4.96. The van der Waals surface area contributed by atoms with Crippen molar-refractivity contribution in [3.05, 3.63) is 114 Å². The molecular weight excluding hydrogens is 484 g/mol. The van der Waals surface area contributed by atoms with Gasteiger partial charge in [0.15, 0.2) is 5.75 Å². The predicted molar refractivity (Wildman–Crippen MR) is 139 cm³/mol. The number of aryl methyl sites for hydroxylation is 1. The minimum atomic E-state index is -4.01. The zero-order valence-corrected chi connectivity index (χ0v) is 20.5. The number of amides is 1. The molecule has 0 fully saturated rings. The highest BCUT2D eigenvalue weighted by Crippen LogP contribution is 2.32. The van der Waals surface area contributed by atoms with Crippen LogP contribution in [-0.4, -0.2) is 20.9 Å². The van der Waals surface area contributed by atoms with Gasteiger partial charge in [-0.05, 0) is 61.5 Å². The number of nitrogens with zero attached hydrogens (tertiary/aromatic N) is 1. The first-order valence-corrected chi connectivity index (χ1v) is 12.6. The number of hydrogen-bond donors (Lipinski definition) is 1. The summed E-state index contributed by atoms with van der Waals surface area (Å²) in [6.45, 7) is 1.43. The van der Waals surface area contributed by atoms with E-state index in [1.54, 1.807) is 72.8 Å². The molecule has 0 saturated heterocycles. The molecule has 1 amide bonds. The minimum absolute atomic E-state index is 0.0932. The number of carbonyl (C=O) groups excluding carboxylic acids is 1. The summed E-state index contributed by atoms with van der Waals surface area (Å²) >= 11 is 6.16. The molecule has 0 aromatic heterocycles. The molecule has 1 N–H and O–H groups in total. The second kappa shape index (κ2) is 10.6. The van der Waals surface area contributed by atoms with Gasteiger partial charge in [-0.3, -0.25) is 9.10 Å². The largest absolute Gasteiger partial charge is 0.455 e. The number of nitrogens with one attached hydrogen (secondary N) is 1. The summed E-state index contributed by atoms with van der Waals surface area (Å²) in [4.78, 5) is 13.2. The van der Waals surface area contributed by atoms with Crippen molar-refractivity contribution in [2.45, 2.75) is 11.8 Å². The molecule has 4 rings (SSSR count). The smallest absolute Gasteiger partial charge is 0.264 e. The van der Waals surface area contributed by atoms with E-state index in [4.69, 9.17) is 16.3 Å². The molecule has 4 aromatic rings. The van der Waals surface area contributed by atoms with E-state index < -0.39 is 22.5 Å². The van der Waals surface area contributed by atoms with E-state index in [0.29, 0.717) is 27.9 Å². The molecule has 0 unspecified atom stereocenters. The molecule has 4 aromatic carbocycles. The van der Waals surface area contributed by atoms with E-state index in [1.165, 1.54) is 12.1 Å². The number of ether oxygens (including phenoxy) is 1. The van der Waals surface area contributed by atoms with Crippen LogP contribution >= 0.6 is 11.6 Å². The first kappa shape index (κ1) is 24.3. The van der Waals surface area contributed by atoms with Gasteiger partial charge in [0, 0.05) is 5.02 Å². The van der Waals surface area contributed by atoms with Gasteiger partial charge in [-0.25, -0.2) is 8.42 Å². The molecule has 0 spiro atoms. The normalized spacial score (nSPS) is 11.0. The summed E-state index contributed by atoms with van der Waals surface area (Å²) in [7, 11) is -4.01. The summed E-state index contributed by atoms with van der Waals surface area (Å²) in [5.41, 5.74) is 1.63. The number of carbonyl (C=O) groups is 1. The lowest BCUT2D eigenvalue weighted by Gasteiger charge is -2.24. The molecule has 8 heteroatoms. The standard InChI is InChI=1S/C27H23ClN2O4S/c1-20-12-15-24(16-13-20)35(32,33)30(22-8-4-2-5-9-22)19-27(31)29-25-18-21(28)14-17-26(25)34-23-10-6-3-7-11-23/h2-18H,19H2,1H3,(H,29,31). The zero-order chi connectivity index (χ0) is 24.8. The molecule has 0 aliphatic heterocycles. The highest BCUT2D eigenvalue weighted by molar-refractivity contribution is 7.92. The molecule has 0 aliphatic carbocycles. The maximum atomic E-state index is 13.5. The van der Waals surface area contributed by atoms with Gasteiger partial charge in [0.1, 0.15) is 12.3 Å². The summed E-state index contributed by atoms with van der Waals surface area (Å²) in [6.07, 6.45) is 0. The maximum Gasteiger partial charge on any atom is 0.264 e. The Morgan fingerprint density at radius 1 is 0.886 bits per heavy atom. The number of sulfonamides is 1. The maximum absolute atomic E-state index is 13.5. The van der Waals surface area contributed by atoms with Crippen LogP contribution in [0.5, 0.6) is 11.5 Å². The van der Waals surface area contributed by atoms with Crippen LogP contribution in [-0.2, 0) is 14.8 Å². The third kappa shape index (κ3) is 6.01. The molecule has 0 heterocycles. The van der Waals surface area contributed by atoms with Crippen molar-refractivity contribution in [1.82, 2.24) is 0 Å². The third-order valence-corrected chi connectivity index (χ3v) is 7.15. The molecular formula is C27H23ClN2O4S. The van der Waals surface area contributed by atoms with Crippen LogP contribution in [0.4, 0.5) is 11.4 Å². The summed E-state index contributed by atoms with van der Waals surface area (Å²) < 4.78 is 34.0. The van der Waals surface area contributed by atoms with Gasteiger partial charge < -0.3 is 10.1 Å². The quantitative estimate of drug-likeness (QED) is 0.305. The van der Waals surface area contributed by atoms with Crippen LogP contribution in [0.15, 0.2) is 108 Å². The number of anilines is 2. The fraction of sp³-hybridized carbons (Fsp3) is 0.0741. The molecule has 6 nitrogen and oxygen atoms in total. The van der Waals surface area contributed by atoms with Crippen LogP contribution in [0.2, 0.25) is 5.02 Å². The highest BCUT2D eigenvalue weighted by atomic mass is 35.5. The van der Waals surface area contributed by atoms with Gasteiger partial charge in [0.05, 0.1) is 16.3 Å². The van der Waals surface area contributed by atoms with E-state index in [-0.39, 0.29) is 4.90 Å². The Bertz CT molecular complexity index is 1410. The van der Waals surface area contributed by atoms with Crippen LogP contribution in [0.1, 0.15) is 5.56 Å². The van der Waals surface area contributed by atoms with E-state index in [2.05, 4.69) is 5.32 Å². The predicted octanol–water partition coefficient (Wildman–Crippen LogP) is 6.27. The molecule has 0 radical (unpaired) electrons. The van der Waals surface area contributed by atoms with Crippen molar-refractivity contribution < 1.29 is 17.9 Å². The lowest BCUT2D eigenvalue weighted by atomic mass is 10.2. The van der Waals surface area contributed by atoms with Crippen molar-refractivity contribution >= 4 is 38.9 Å². The van der Waals surface area contributed by atoms with Gasteiger partial charge in [0.25, 0.3) is 10.0 Å². The topological polar surface area (TPSA) is 75.7 Å². The van der Waals surface area contributed by atoms with Crippen LogP contribution in [0, 0.1) is 6.92 Å². The van der Waals surface area contributed by atoms with Gasteiger partial charge in [-0.15, -0.1) is 0 Å². The average molecular weight is 507 g/mol. The van der Waals surface area contributed by atoms with Crippen molar-refractivity contribution in [3.8, 4) is 11.5 Å². The lowest BCUT2D eigenvalue weighted by Crippen LogP contribution is -2.38. The summed E-state index contributed by atoms with van der Waals surface area (Å²) in [6, 6.07) is 28.9. The first-order chi connectivity index (χ1) is 16.8. The van der Waals surface area contributed by atoms with Gasteiger partial charge in [0.2, 0.25) is 5.91 Å². The SMILES string of the molecule is Cc1ccc(S(=O)(=O)N(CC(=O)Nc2cc(Cl)ccc2Oc2ccccc2)c2ccccc2)cc1. The van der Waals surface area contributed by atoms with Crippen LogP contribution in [0.25, 0.3) is 0 Å². The Labute approximate surface area is 209 Å². The number of halogens is 1. The number of benzene rings is 4. The Morgan fingerprint density at radius 3 is 2.17 bits per heavy atom. The second-order valence-corrected chi connectivity index (χ2v) is 10.1. The van der Waals surface area contributed by atoms with Crippen molar-refractivity contribution in [2.75, 3.05) is 16.2 Å².